The number of rotatable bonds is 12. The Bertz CT molecular complexity index is 1720. The Morgan fingerprint density at radius 2 is 1.91 bits per heavy atom. The second-order valence-corrected chi connectivity index (χ2v) is 11.0. The predicted octanol–water partition coefficient (Wildman–Crippen LogP) is 6.12. The van der Waals surface area contributed by atoms with E-state index >= 15 is 0 Å². The molecule has 5 rings (SSSR count). The lowest BCUT2D eigenvalue weighted by atomic mass is 9.96. The summed E-state index contributed by atoms with van der Waals surface area (Å²) >= 11 is 13.4. The number of carboxylic acids is 1. The molecule has 0 aliphatic heterocycles. The summed E-state index contributed by atoms with van der Waals surface area (Å²) in [4.78, 5) is 15.5. The molecule has 0 radical (unpaired) electrons. The van der Waals surface area contributed by atoms with Crippen LogP contribution < -0.4 is 19.5 Å². The SMILES string of the molecule is COc1cccc(-c2cccc3c2CC[C@@H]3Oc2cc(OCc3cncc(C#N)c3)c(CNC(CO)C(=O)O)cc2Cl)c1Cl. The number of aromatic nitrogens is 1. The Kier molecular flexibility index (Phi) is 9.88. The molecular formula is C33H29Cl2N3O6. The largest absolute Gasteiger partial charge is 0.495 e. The van der Waals surface area contributed by atoms with Crippen LogP contribution in [0.4, 0.5) is 0 Å². The van der Waals surface area contributed by atoms with Crippen molar-refractivity contribution < 1.29 is 29.2 Å². The average molecular weight is 635 g/mol. The average Bonchev–Trinajstić information content (AvgIpc) is 3.44. The molecule has 3 N–H and O–H groups in total. The maximum atomic E-state index is 11.4. The zero-order valence-electron chi connectivity index (χ0n) is 23.7. The van der Waals surface area contributed by atoms with Gasteiger partial charge in [-0.2, -0.15) is 5.26 Å². The van der Waals surface area contributed by atoms with E-state index in [2.05, 4.69) is 16.4 Å². The normalized spacial score (nSPS) is 14.4. The third-order valence-electron chi connectivity index (χ3n) is 7.41. The van der Waals surface area contributed by atoms with Gasteiger partial charge in [0.05, 0.1) is 29.3 Å². The number of ether oxygens (including phenoxy) is 3. The van der Waals surface area contributed by atoms with E-state index in [1.165, 1.54) is 6.20 Å². The van der Waals surface area contributed by atoms with Crippen LogP contribution in [0.15, 0.2) is 67.0 Å². The predicted molar refractivity (Wildman–Crippen MR) is 165 cm³/mol. The molecule has 0 spiro atoms. The van der Waals surface area contributed by atoms with Crippen LogP contribution in [0.2, 0.25) is 10.0 Å². The molecule has 0 saturated carbocycles. The summed E-state index contributed by atoms with van der Waals surface area (Å²) in [6, 6.07) is 17.6. The first-order valence-corrected chi connectivity index (χ1v) is 14.6. The van der Waals surface area contributed by atoms with Gasteiger partial charge in [0, 0.05) is 41.7 Å². The van der Waals surface area contributed by atoms with Crippen LogP contribution in [0, 0.1) is 11.3 Å². The molecule has 1 unspecified atom stereocenters. The van der Waals surface area contributed by atoms with Gasteiger partial charge in [0.2, 0.25) is 0 Å². The Morgan fingerprint density at radius 1 is 1.11 bits per heavy atom. The fraction of sp³-hybridized carbons (Fsp3) is 0.242. The number of aliphatic carboxylic acids is 1. The lowest BCUT2D eigenvalue weighted by molar-refractivity contribution is -0.140. The number of pyridine rings is 1. The van der Waals surface area contributed by atoms with Crippen molar-refractivity contribution in [3.05, 3.63) is 105 Å². The molecule has 4 aromatic rings. The molecule has 11 heteroatoms. The van der Waals surface area contributed by atoms with Crippen molar-refractivity contribution in [2.75, 3.05) is 13.7 Å². The van der Waals surface area contributed by atoms with Crippen molar-refractivity contribution in [3.8, 4) is 34.4 Å². The van der Waals surface area contributed by atoms with Crippen LogP contribution >= 0.6 is 23.2 Å². The first-order valence-electron chi connectivity index (χ1n) is 13.8. The molecule has 0 saturated heterocycles. The van der Waals surface area contributed by atoms with Crippen LogP contribution in [0.25, 0.3) is 11.1 Å². The van der Waals surface area contributed by atoms with Gasteiger partial charge < -0.3 is 24.4 Å². The van der Waals surface area contributed by atoms with Gasteiger partial charge in [0.1, 0.15) is 42.1 Å². The molecule has 0 fully saturated rings. The number of nitrogens with zero attached hydrogens (tertiary/aromatic N) is 2. The minimum absolute atomic E-state index is 0.0558. The minimum atomic E-state index is -1.19. The third kappa shape index (κ3) is 6.74. The van der Waals surface area contributed by atoms with Gasteiger partial charge in [0.15, 0.2) is 0 Å². The van der Waals surface area contributed by atoms with Crippen LogP contribution in [0.3, 0.4) is 0 Å². The van der Waals surface area contributed by atoms with Gasteiger partial charge in [-0.3, -0.25) is 15.1 Å². The van der Waals surface area contributed by atoms with Crippen LogP contribution in [0.1, 0.15) is 40.3 Å². The standard InChI is InChI=1S/C33H29Cl2N3O6/c1-42-29-7-3-6-25(32(29)35)22-4-2-5-24-23(22)8-9-28(24)44-31-12-30(43-18-20-10-19(13-36)14-37-15-20)21(11-26(31)34)16-38-27(17-39)33(40)41/h2-7,10-12,14-15,27-28,38-39H,8-9,16-18H2,1H3,(H,40,41)/t27?,28-/m0/s1. The summed E-state index contributed by atoms with van der Waals surface area (Å²) in [5.41, 5.74) is 5.69. The summed E-state index contributed by atoms with van der Waals surface area (Å²) in [5.74, 6) is 0.213. The molecule has 1 aliphatic rings. The molecule has 44 heavy (non-hydrogen) atoms. The van der Waals surface area contributed by atoms with E-state index in [1.54, 1.807) is 31.5 Å². The molecule has 3 aromatic carbocycles. The van der Waals surface area contributed by atoms with E-state index in [1.807, 2.05) is 36.4 Å². The second kappa shape index (κ2) is 14.0. The molecule has 1 aromatic heterocycles. The van der Waals surface area contributed by atoms with E-state index in [0.29, 0.717) is 50.4 Å². The van der Waals surface area contributed by atoms with E-state index in [0.717, 1.165) is 28.7 Å². The quantitative estimate of drug-likeness (QED) is 0.169. The number of nitrogens with one attached hydrogen (secondary N) is 1. The van der Waals surface area contributed by atoms with Gasteiger partial charge in [-0.15, -0.1) is 0 Å². The molecule has 9 nitrogen and oxygen atoms in total. The molecule has 2 atom stereocenters. The first kappa shape index (κ1) is 31.1. The molecule has 0 amide bonds. The monoisotopic (exact) mass is 633 g/mol. The first-order chi connectivity index (χ1) is 21.3. The van der Waals surface area contributed by atoms with Gasteiger partial charge >= 0.3 is 5.97 Å². The van der Waals surface area contributed by atoms with Crippen molar-refractivity contribution >= 4 is 29.2 Å². The van der Waals surface area contributed by atoms with Gasteiger partial charge in [-0.05, 0) is 47.7 Å². The fourth-order valence-electron chi connectivity index (χ4n) is 5.21. The summed E-state index contributed by atoms with van der Waals surface area (Å²) in [5, 5.41) is 31.7. The van der Waals surface area contributed by atoms with Gasteiger partial charge in [0.25, 0.3) is 0 Å². The number of benzene rings is 3. The molecule has 1 aliphatic carbocycles. The Hall–Kier alpha value is -4.33. The number of methoxy groups -OCH3 is 1. The Labute approximate surface area is 264 Å². The lowest BCUT2D eigenvalue weighted by Gasteiger charge is -2.20. The van der Waals surface area contributed by atoms with E-state index < -0.39 is 18.6 Å². The highest BCUT2D eigenvalue weighted by molar-refractivity contribution is 6.35. The summed E-state index contributed by atoms with van der Waals surface area (Å²) in [6.45, 7) is -0.437. The number of nitriles is 1. The number of aliphatic hydroxyl groups is 1. The Balaban J connectivity index is 1.44. The van der Waals surface area contributed by atoms with E-state index in [9.17, 15) is 20.3 Å². The van der Waals surface area contributed by atoms with Crippen molar-refractivity contribution in [1.29, 1.82) is 5.26 Å². The summed E-state index contributed by atoms with van der Waals surface area (Å²) < 4.78 is 18.0. The summed E-state index contributed by atoms with van der Waals surface area (Å²) in [6.07, 6.45) is 4.26. The zero-order chi connectivity index (χ0) is 31.2. The van der Waals surface area contributed by atoms with Crippen molar-refractivity contribution in [3.63, 3.8) is 0 Å². The molecule has 226 valence electrons. The number of halogens is 2. The number of hydrogen-bond acceptors (Lipinski definition) is 8. The molecular weight excluding hydrogens is 605 g/mol. The number of hydrogen-bond donors (Lipinski definition) is 3. The second-order valence-electron chi connectivity index (χ2n) is 10.2. The van der Waals surface area contributed by atoms with Gasteiger partial charge in [-0.1, -0.05) is 53.5 Å². The highest BCUT2D eigenvalue weighted by Crippen LogP contribution is 2.45. The topological polar surface area (TPSA) is 134 Å². The smallest absolute Gasteiger partial charge is 0.323 e. The third-order valence-corrected chi connectivity index (χ3v) is 8.10. The van der Waals surface area contributed by atoms with E-state index in [-0.39, 0.29) is 19.3 Å². The van der Waals surface area contributed by atoms with Crippen molar-refractivity contribution in [2.45, 2.75) is 38.1 Å². The van der Waals surface area contributed by atoms with Crippen molar-refractivity contribution in [2.24, 2.45) is 0 Å². The number of carbonyl (C=O) groups is 1. The van der Waals surface area contributed by atoms with Crippen LogP contribution in [0.5, 0.6) is 17.2 Å². The van der Waals surface area contributed by atoms with Gasteiger partial charge in [-0.25, -0.2) is 0 Å². The summed E-state index contributed by atoms with van der Waals surface area (Å²) in [7, 11) is 1.59. The number of aliphatic hydroxyl groups excluding tert-OH is 1. The van der Waals surface area contributed by atoms with Crippen LogP contribution in [-0.2, 0) is 24.4 Å². The Morgan fingerprint density at radius 3 is 2.66 bits per heavy atom. The van der Waals surface area contributed by atoms with Crippen LogP contribution in [-0.4, -0.2) is 40.9 Å². The maximum Gasteiger partial charge on any atom is 0.323 e. The highest BCUT2D eigenvalue weighted by Gasteiger charge is 2.28. The van der Waals surface area contributed by atoms with E-state index in [4.69, 9.17) is 37.4 Å². The minimum Gasteiger partial charge on any atom is -0.495 e. The fourth-order valence-corrected chi connectivity index (χ4v) is 5.75. The zero-order valence-corrected chi connectivity index (χ0v) is 25.2. The maximum absolute atomic E-state index is 11.4. The number of carboxylic acid groups (broad SMARTS) is 1. The number of fused-ring (bicyclic) bond motifs is 1. The lowest BCUT2D eigenvalue weighted by Crippen LogP contribution is -2.39. The van der Waals surface area contributed by atoms with Crippen molar-refractivity contribution in [1.82, 2.24) is 10.3 Å². The highest BCUT2D eigenvalue weighted by atomic mass is 35.5. The molecule has 1 heterocycles. The molecule has 0 bridgehead atoms.